The summed E-state index contributed by atoms with van der Waals surface area (Å²) < 4.78 is 0. The van der Waals surface area contributed by atoms with Crippen LogP contribution in [0.2, 0.25) is 0 Å². The maximum atomic E-state index is 10.4. The lowest BCUT2D eigenvalue weighted by Crippen LogP contribution is -2.08. The first-order chi connectivity index (χ1) is 5.11. The third kappa shape index (κ3) is 1.58. The molecule has 1 heterocycles. The fraction of sp³-hybridized carbons (Fsp3) is 0.429. The molecular formula is C7H10N2O2. The Morgan fingerprint density at radius 3 is 2.82 bits per heavy atom. The van der Waals surface area contributed by atoms with Crippen LogP contribution < -0.4 is 0 Å². The van der Waals surface area contributed by atoms with E-state index in [2.05, 4.69) is 9.97 Å². The van der Waals surface area contributed by atoms with Gasteiger partial charge in [0, 0.05) is 11.9 Å². The molecule has 1 aromatic rings. The lowest BCUT2D eigenvalue weighted by molar-refractivity contribution is -0.138. The number of H-pyrrole nitrogens is 1. The SMILES string of the molecule is Cc1cnc(C(C)C(=O)O)[nH]1. The van der Waals surface area contributed by atoms with Crippen LogP contribution in [0.3, 0.4) is 0 Å². The van der Waals surface area contributed by atoms with Gasteiger partial charge in [-0.25, -0.2) is 4.98 Å². The second-order valence-electron chi connectivity index (χ2n) is 2.51. The molecule has 0 amide bonds. The molecule has 0 aliphatic rings. The number of carboxylic acids is 1. The average molecular weight is 154 g/mol. The van der Waals surface area contributed by atoms with Gasteiger partial charge in [0.05, 0.1) is 0 Å². The molecule has 0 aromatic carbocycles. The van der Waals surface area contributed by atoms with Crippen LogP contribution >= 0.6 is 0 Å². The van der Waals surface area contributed by atoms with Gasteiger partial charge in [-0.1, -0.05) is 0 Å². The van der Waals surface area contributed by atoms with Crippen LogP contribution in [0.1, 0.15) is 24.4 Å². The van der Waals surface area contributed by atoms with Gasteiger partial charge >= 0.3 is 5.97 Å². The van der Waals surface area contributed by atoms with Crippen LogP contribution in [0, 0.1) is 6.92 Å². The highest BCUT2D eigenvalue weighted by atomic mass is 16.4. The van der Waals surface area contributed by atoms with Crippen molar-refractivity contribution in [3.63, 3.8) is 0 Å². The van der Waals surface area contributed by atoms with Gasteiger partial charge < -0.3 is 10.1 Å². The molecule has 1 atom stereocenters. The predicted octanol–water partition coefficient (Wildman–Crippen LogP) is 0.906. The maximum absolute atomic E-state index is 10.4. The van der Waals surface area contributed by atoms with Crippen molar-refractivity contribution < 1.29 is 9.90 Å². The van der Waals surface area contributed by atoms with Gasteiger partial charge in [0.25, 0.3) is 0 Å². The Hall–Kier alpha value is -1.32. The van der Waals surface area contributed by atoms with Crippen molar-refractivity contribution in [1.29, 1.82) is 0 Å². The van der Waals surface area contributed by atoms with Crippen molar-refractivity contribution in [2.45, 2.75) is 19.8 Å². The summed E-state index contributed by atoms with van der Waals surface area (Å²) in [6.45, 7) is 3.44. The third-order valence-electron chi connectivity index (χ3n) is 1.50. The molecule has 0 aliphatic heterocycles. The lowest BCUT2D eigenvalue weighted by atomic mass is 10.2. The first-order valence-corrected chi connectivity index (χ1v) is 3.35. The smallest absolute Gasteiger partial charge is 0.313 e. The van der Waals surface area contributed by atoms with Crippen LogP contribution in [0.25, 0.3) is 0 Å². The lowest BCUT2D eigenvalue weighted by Gasteiger charge is -1.99. The normalized spacial score (nSPS) is 12.9. The predicted molar refractivity (Wildman–Crippen MR) is 39.4 cm³/mol. The molecular weight excluding hydrogens is 144 g/mol. The van der Waals surface area contributed by atoms with Crippen molar-refractivity contribution >= 4 is 5.97 Å². The van der Waals surface area contributed by atoms with E-state index in [1.54, 1.807) is 13.1 Å². The summed E-state index contributed by atoms with van der Waals surface area (Å²) in [6.07, 6.45) is 1.62. The maximum Gasteiger partial charge on any atom is 0.313 e. The molecule has 1 unspecified atom stereocenters. The summed E-state index contributed by atoms with van der Waals surface area (Å²) in [7, 11) is 0. The van der Waals surface area contributed by atoms with E-state index in [-0.39, 0.29) is 0 Å². The number of carboxylic acid groups (broad SMARTS) is 1. The van der Waals surface area contributed by atoms with E-state index in [4.69, 9.17) is 5.11 Å². The molecule has 4 nitrogen and oxygen atoms in total. The fourth-order valence-corrected chi connectivity index (χ4v) is 0.770. The monoisotopic (exact) mass is 154 g/mol. The third-order valence-corrected chi connectivity index (χ3v) is 1.50. The number of hydrogen-bond acceptors (Lipinski definition) is 2. The van der Waals surface area contributed by atoms with E-state index in [1.165, 1.54) is 0 Å². The zero-order valence-electron chi connectivity index (χ0n) is 6.46. The van der Waals surface area contributed by atoms with Gasteiger partial charge in [-0.2, -0.15) is 0 Å². The van der Waals surface area contributed by atoms with Crippen LogP contribution in [0.5, 0.6) is 0 Å². The van der Waals surface area contributed by atoms with E-state index in [0.717, 1.165) is 5.69 Å². The molecule has 0 saturated heterocycles. The number of nitrogens with zero attached hydrogens (tertiary/aromatic N) is 1. The van der Waals surface area contributed by atoms with E-state index in [1.807, 2.05) is 6.92 Å². The standard InChI is InChI=1S/C7H10N2O2/c1-4-3-8-6(9-4)5(2)7(10)11/h3,5H,1-2H3,(H,8,9)(H,10,11). The topological polar surface area (TPSA) is 66.0 Å². The van der Waals surface area contributed by atoms with E-state index >= 15 is 0 Å². The zero-order valence-corrected chi connectivity index (χ0v) is 6.46. The zero-order chi connectivity index (χ0) is 8.43. The Morgan fingerprint density at radius 2 is 2.45 bits per heavy atom. The molecule has 60 valence electrons. The van der Waals surface area contributed by atoms with Crippen molar-refractivity contribution in [2.24, 2.45) is 0 Å². The van der Waals surface area contributed by atoms with E-state index in [0.29, 0.717) is 5.82 Å². The summed E-state index contributed by atoms with van der Waals surface area (Å²) >= 11 is 0. The minimum atomic E-state index is -0.862. The molecule has 0 bridgehead atoms. The number of hydrogen-bond donors (Lipinski definition) is 2. The number of carbonyl (C=O) groups is 1. The summed E-state index contributed by atoms with van der Waals surface area (Å²) in [6, 6.07) is 0. The van der Waals surface area contributed by atoms with Crippen molar-refractivity contribution in [3.05, 3.63) is 17.7 Å². The highest BCUT2D eigenvalue weighted by molar-refractivity contribution is 5.74. The van der Waals surface area contributed by atoms with Gasteiger partial charge in [-0.05, 0) is 13.8 Å². The largest absolute Gasteiger partial charge is 0.481 e. The van der Waals surface area contributed by atoms with E-state index in [9.17, 15) is 4.79 Å². The molecule has 0 spiro atoms. The van der Waals surface area contributed by atoms with Gasteiger partial charge in [0.1, 0.15) is 11.7 Å². The number of rotatable bonds is 2. The molecule has 4 heteroatoms. The summed E-state index contributed by atoms with van der Waals surface area (Å²) in [4.78, 5) is 17.2. The number of aromatic amines is 1. The molecule has 0 radical (unpaired) electrons. The number of nitrogens with one attached hydrogen (secondary N) is 1. The minimum Gasteiger partial charge on any atom is -0.481 e. The highest BCUT2D eigenvalue weighted by Gasteiger charge is 2.15. The van der Waals surface area contributed by atoms with Gasteiger partial charge in [-0.3, -0.25) is 4.79 Å². The second-order valence-corrected chi connectivity index (χ2v) is 2.51. The Morgan fingerprint density at radius 1 is 1.82 bits per heavy atom. The minimum absolute atomic E-state index is 0.509. The number of aryl methyl sites for hydroxylation is 1. The summed E-state index contributed by atoms with van der Waals surface area (Å²) in [5.41, 5.74) is 0.883. The molecule has 1 aromatic heterocycles. The van der Waals surface area contributed by atoms with Crippen molar-refractivity contribution in [2.75, 3.05) is 0 Å². The molecule has 1 rings (SSSR count). The highest BCUT2D eigenvalue weighted by Crippen LogP contribution is 2.10. The number of aliphatic carboxylic acids is 1. The van der Waals surface area contributed by atoms with Crippen LogP contribution in [-0.4, -0.2) is 21.0 Å². The van der Waals surface area contributed by atoms with Crippen LogP contribution in [0.15, 0.2) is 6.20 Å². The van der Waals surface area contributed by atoms with Crippen LogP contribution in [0.4, 0.5) is 0 Å². The average Bonchev–Trinajstić information content (AvgIpc) is 2.34. The van der Waals surface area contributed by atoms with Gasteiger partial charge in [-0.15, -0.1) is 0 Å². The first-order valence-electron chi connectivity index (χ1n) is 3.35. The Balaban J connectivity index is 2.84. The molecule has 2 N–H and O–H groups in total. The number of aromatic nitrogens is 2. The van der Waals surface area contributed by atoms with Gasteiger partial charge in [0.2, 0.25) is 0 Å². The van der Waals surface area contributed by atoms with E-state index < -0.39 is 11.9 Å². The van der Waals surface area contributed by atoms with Crippen molar-refractivity contribution in [3.8, 4) is 0 Å². The summed E-state index contributed by atoms with van der Waals surface area (Å²) in [5.74, 6) is -0.905. The molecule has 0 aliphatic carbocycles. The van der Waals surface area contributed by atoms with Crippen LogP contribution in [-0.2, 0) is 4.79 Å². The molecule has 0 fully saturated rings. The first kappa shape index (κ1) is 7.78. The quantitative estimate of drug-likeness (QED) is 0.665. The molecule has 0 saturated carbocycles. The number of imidazole rings is 1. The Bertz CT molecular complexity index is 267. The van der Waals surface area contributed by atoms with Crippen molar-refractivity contribution in [1.82, 2.24) is 9.97 Å². The fourth-order valence-electron chi connectivity index (χ4n) is 0.770. The Labute approximate surface area is 64.3 Å². The van der Waals surface area contributed by atoms with Gasteiger partial charge in [0.15, 0.2) is 0 Å². The Kier molecular flexibility index (Phi) is 1.94. The molecule has 11 heavy (non-hydrogen) atoms. The summed E-state index contributed by atoms with van der Waals surface area (Å²) in [5, 5.41) is 8.58. The second kappa shape index (κ2) is 2.74.